The summed E-state index contributed by atoms with van der Waals surface area (Å²) in [5.41, 5.74) is 0.633. The molecule has 0 amide bonds. The molecule has 1 fully saturated rings. The summed E-state index contributed by atoms with van der Waals surface area (Å²) in [6.07, 6.45) is 2.59. The van der Waals surface area contributed by atoms with Crippen molar-refractivity contribution in [3.05, 3.63) is 30.1 Å². The van der Waals surface area contributed by atoms with Gasteiger partial charge in [-0.2, -0.15) is 0 Å². The van der Waals surface area contributed by atoms with Gasteiger partial charge in [0.1, 0.15) is 0 Å². The van der Waals surface area contributed by atoms with Gasteiger partial charge in [0.25, 0.3) is 0 Å². The lowest BCUT2D eigenvalue weighted by atomic mass is 10.2. The van der Waals surface area contributed by atoms with Crippen LogP contribution in [0.25, 0.3) is 0 Å². The third-order valence-corrected chi connectivity index (χ3v) is 4.46. The normalized spacial score (nSPS) is 21.1. The number of pyridine rings is 1. The van der Waals surface area contributed by atoms with Gasteiger partial charge in [-0.15, -0.1) is 0 Å². The summed E-state index contributed by atoms with van der Waals surface area (Å²) in [5.74, 6) is 0.606. The summed E-state index contributed by atoms with van der Waals surface area (Å²) < 4.78 is 23.8. The molecular formula is C11H16N2O2S. The van der Waals surface area contributed by atoms with E-state index >= 15 is 0 Å². The standard InChI is InChI=1S/C11H16N2O2S/c14-16(15,8-10-4-6-12-7-10)9-11-3-1-2-5-13-11/h1-3,5,10,12H,4,6-9H2/t10-/m1/s1. The minimum Gasteiger partial charge on any atom is -0.316 e. The highest BCUT2D eigenvalue weighted by molar-refractivity contribution is 7.90. The van der Waals surface area contributed by atoms with E-state index in [1.807, 2.05) is 6.07 Å². The molecule has 1 aliphatic rings. The lowest BCUT2D eigenvalue weighted by Gasteiger charge is -2.08. The van der Waals surface area contributed by atoms with E-state index < -0.39 is 9.84 Å². The second-order valence-corrected chi connectivity index (χ2v) is 6.34. The molecule has 16 heavy (non-hydrogen) atoms. The Kier molecular flexibility index (Phi) is 3.56. The van der Waals surface area contributed by atoms with Crippen LogP contribution in [0.3, 0.4) is 0 Å². The molecule has 0 aromatic carbocycles. The summed E-state index contributed by atoms with van der Waals surface area (Å²) in [6, 6.07) is 5.36. The minimum absolute atomic E-state index is 0.0599. The Bertz CT molecular complexity index is 425. The molecule has 1 saturated heterocycles. The SMILES string of the molecule is O=S(=O)(Cc1ccccn1)C[C@@H]1CCNC1. The molecule has 0 bridgehead atoms. The van der Waals surface area contributed by atoms with Crippen LogP contribution in [0.2, 0.25) is 0 Å². The summed E-state index contributed by atoms with van der Waals surface area (Å²) in [5, 5.41) is 3.18. The molecule has 2 rings (SSSR count). The molecule has 0 spiro atoms. The number of nitrogens with zero attached hydrogens (tertiary/aromatic N) is 1. The number of nitrogens with one attached hydrogen (secondary N) is 1. The van der Waals surface area contributed by atoms with Crippen LogP contribution in [0.5, 0.6) is 0 Å². The average molecular weight is 240 g/mol. The van der Waals surface area contributed by atoms with Crippen LogP contribution >= 0.6 is 0 Å². The van der Waals surface area contributed by atoms with Crippen LogP contribution in [-0.2, 0) is 15.6 Å². The molecule has 1 aliphatic heterocycles. The first kappa shape index (κ1) is 11.5. The zero-order valence-electron chi connectivity index (χ0n) is 9.09. The third-order valence-electron chi connectivity index (χ3n) is 2.75. The van der Waals surface area contributed by atoms with E-state index in [0.717, 1.165) is 19.5 Å². The molecule has 88 valence electrons. The van der Waals surface area contributed by atoms with E-state index in [9.17, 15) is 8.42 Å². The van der Waals surface area contributed by atoms with Gasteiger partial charge in [-0.05, 0) is 37.6 Å². The Balaban J connectivity index is 1.97. The molecule has 0 unspecified atom stereocenters. The van der Waals surface area contributed by atoms with Crippen LogP contribution < -0.4 is 5.32 Å². The first-order valence-corrected chi connectivity index (χ1v) is 7.29. The maximum Gasteiger partial charge on any atom is 0.156 e. The van der Waals surface area contributed by atoms with Gasteiger partial charge >= 0.3 is 0 Å². The summed E-state index contributed by atoms with van der Waals surface area (Å²) in [4.78, 5) is 4.04. The Labute approximate surface area is 96.0 Å². The monoisotopic (exact) mass is 240 g/mol. The third kappa shape index (κ3) is 3.28. The van der Waals surface area contributed by atoms with Gasteiger partial charge in [0, 0.05) is 6.20 Å². The van der Waals surface area contributed by atoms with Crippen LogP contribution in [0.15, 0.2) is 24.4 Å². The average Bonchev–Trinajstić information content (AvgIpc) is 2.70. The Morgan fingerprint density at radius 1 is 1.44 bits per heavy atom. The van der Waals surface area contributed by atoms with Crippen molar-refractivity contribution in [3.8, 4) is 0 Å². The van der Waals surface area contributed by atoms with Crippen LogP contribution in [-0.4, -0.2) is 32.2 Å². The molecule has 0 radical (unpaired) electrons. The Hall–Kier alpha value is -0.940. The highest BCUT2D eigenvalue weighted by Crippen LogP contribution is 2.13. The molecular weight excluding hydrogens is 224 g/mol. The molecule has 4 nitrogen and oxygen atoms in total. The number of aromatic nitrogens is 1. The van der Waals surface area contributed by atoms with E-state index in [0.29, 0.717) is 5.69 Å². The second-order valence-electron chi connectivity index (χ2n) is 4.23. The molecule has 1 atom stereocenters. The predicted molar refractivity (Wildman–Crippen MR) is 62.7 cm³/mol. The van der Waals surface area contributed by atoms with Crippen LogP contribution in [0.1, 0.15) is 12.1 Å². The van der Waals surface area contributed by atoms with Gasteiger partial charge in [-0.3, -0.25) is 4.98 Å². The maximum absolute atomic E-state index is 11.9. The van der Waals surface area contributed by atoms with Crippen molar-refractivity contribution < 1.29 is 8.42 Å². The quantitative estimate of drug-likeness (QED) is 0.837. The van der Waals surface area contributed by atoms with Gasteiger partial charge in [0.2, 0.25) is 0 Å². The van der Waals surface area contributed by atoms with E-state index in [4.69, 9.17) is 0 Å². The Morgan fingerprint density at radius 2 is 2.31 bits per heavy atom. The van der Waals surface area contributed by atoms with Gasteiger partial charge in [-0.1, -0.05) is 6.07 Å². The fourth-order valence-corrected chi connectivity index (χ4v) is 3.73. The van der Waals surface area contributed by atoms with Crippen molar-refractivity contribution in [1.82, 2.24) is 10.3 Å². The number of hydrogen-bond acceptors (Lipinski definition) is 4. The lowest BCUT2D eigenvalue weighted by Crippen LogP contribution is -2.20. The van der Waals surface area contributed by atoms with E-state index in [1.54, 1.807) is 18.3 Å². The van der Waals surface area contributed by atoms with Crippen molar-refractivity contribution in [2.45, 2.75) is 12.2 Å². The minimum atomic E-state index is -3.02. The zero-order chi connectivity index (χ0) is 11.4. The van der Waals surface area contributed by atoms with Crippen molar-refractivity contribution in [3.63, 3.8) is 0 Å². The van der Waals surface area contributed by atoms with Crippen molar-refractivity contribution in [1.29, 1.82) is 0 Å². The molecule has 1 aromatic rings. The smallest absolute Gasteiger partial charge is 0.156 e. The van der Waals surface area contributed by atoms with E-state index in [1.165, 1.54) is 0 Å². The summed E-state index contributed by atoms with van der Waals surface area (Å²) in [7, 11) is -3.02. The van der Waals surface area contributed by atoms with E-state index in [2.05, 4.69) is 10.3 Å². The van der Waals surface area contributed by atoms with Crippen LogP contribution in [0, 0.1) is 5.92 Å². The van der Waals surface area contributed by atoms with Crippen molar-refractivity contribution in [2.24, 2.45) is 5.92 Å². The Morgan fingerprint density at radius 3 is 2.94 bits per heavy atom. The molecule has 2 heterocycles. The molecule has 5 heteroatoms. The van der Waals surface area contributed by atoms with Crippen LogP contribution in [0.4, 0.5) is 0 Å². The summed E-state index contributed by atoms with van der Waals surface area (Å²) in [6.45, 7) is 1.76. The number of sulfone groups is 1. The highest BCUT2D eigenvalue weighted by atomic mass is 32.2. The van der Waals surface area contributed by atoms with Gasteiger partial charge in [0.15, 0.2) is 9.84 Å². The summed E-state index contributed by atoms with van der Waals surface area (Å²) >= 11 is 0. The van der Waals surface area contributed by atoms with Crippen molar-refractivity contribution >= 4 is 9.84 Å². The predicted octanol–water partition coefficient (Wildman–Crippen LogP) is 0.606. The van der Waals surface area contributed by atoms with E-state index in [-0.39, 0.29) is 17.4 Å². The fraction of sp³-hybridized carbons (Fsp3) is 0.545. The zero-order valence-corrected chi connectivity index (χ0v) is 9.91. The lowest BCUT2D eigenvalue weighted by molar-refractivity contribution is 0.569. The molecule has 0 aliphatic carbocycles. The topological polar surface area (TPSA) is 59.1 Å². The number of hydrogen-bond donors (Lipinski definition) is 1. The number of rotatable bonds is 4. The molecule has 1 aromatic heterocycles. The molecule has 0 saturated carbocycles. The van der Waals surface area contributed by atoms with Gasteiger partial charge in [-0.25, -0.2) is 8.42 Å². The largest absolute Gasteiger partial charge is 0.316 e. The second kappa shape index (κ2) is 4.93. The fourth-order valence-electron chi connectivity index (χ4n) is 1.98. The molecule has 1 N–H and O–H groups in total. The first-order chi connectivity index (χ1) is 7.66. The highest BCUT2D eigenvalue weighted by Gasteiger charge is 2.22. The first-order valence-electron chi connectivity index (χ1n) is 5.47. The van der Waals surface area contributed by atoms with Gasteiger partial charge in [0.05, 0.1) is 17.2 Å². The van der Waals surface area contributed by atoms with Gasteiger partial charge < -0.3 is 5.32 Å². The van der Waals surface area contributed by atoms with Crippen molar-refractivity contribution in [2.75, 3.05) is 18.8 Å². The maximum atomic E-state index is 11.9.